The van der Waals surface area contributed by atoms with Gasteiger partial charge in [0.15, 0.2) is 0 Å². The molecule has 0 bridgehead atoms. The summed E-state index contributed by atoms with van der Waals surface area (Å²) < 4.78 is 0. The molecule has 0 radical (unpaired) electrons. The topological polar surface area (TPSA) is 49.4 Å². The minimum Gasteiger partial charge on any atom is -0.350 e. The number of nitrogens with one attached hydrogen (secondary N) is 1. The van der Waals surface area contributed by atoms with Gasteiger partial charge < -0.3 is 10.2 Å². The lowest BCUT2D eigenvalue weighted by atomic mass is 10.1. The molecule has 4 heteroatoms. The number of rotatable bonds is 6. The highest BCUT2D eigenvalue weighted by Gasteiger charge is 2.15. The fourth-order valence-electron chi connectivity index (χ4n) is 2.42. The predicted molar refractivity (Wildman–Crippen MR) is 95.9 cm³/mol. The summed E-state index contributed by atoms with van der Waals surface area (Å²) in [5.74, 6) is -0.155. The average molecular weight is 324 g/mol. The van der Waals surface area contributed by atoms with Crippen molar-refractivity contribution in [2.75, 3.05) is 6.54 Å². The predicted octanol–water partition coefficient (Wildman–Crippen LogP) is 3.49. The molecule has 0 aliphatic carbocycles. The Morgan fingerprint density at radius 2 is 1.54 bits per heavy atom. The summed E-state index contributed by atoms with van der Waals surface area (Å²) >= 11 is 0. The van der Waals surface area contributed by atoms with Crippen molar-refractivity contribution < 1.29 is 9.59 Å². The first-order valence-corrected chi connectivity index (χ1v) is 8.25. The first kappa shape index (κ1) is 17.7. The Hall–Kier alpha value is -2.62. The van der Waals surface area contributed by atoms with Gasteiger partial charge in [-0.3, -0.25) is 9.59 Å². The highest BCUT2D eigenvalue weighted by atomic mass is 16.2. The highest BCUT2D eigenvalue weighted by Crippen LogP contribution is 2.11. The second-order valence-electron chi connectivity index (χ2n) is 6.01. The van der Waals surface area contributed by atoms with Gasteiger partial charge in [0.1, 0.15) is 0 Å². The molecule has 126 valence electrons. The van der Waals surface area contributed by atoms with Crippen LogP contribution in [0.1, 0.15) is 47.1 Å². The van der Waals surface area contributed by atoms with Crippen molar-refractivity contribution in [2.45, 2.75) is 33.4 Å². The number of carbonyl (C=O) groups excluding carboxylic acids is 2. The quantitative estimate of drug-likeness (QED) is 0.884. The van der Waals surface area contributed by atoms with Crippen LogP contribution >= 0.6 is 0 Å². The summed E-state index contributed by atoms with van der Waals surface area (Å²) in [5.41, 5.74) is 2.25. The molecule has 4 nitrogen and oxygen atoms in total. The van der Waals surface area contributed by atoms with Crippen molar-refractivity contribution in [3.8, 4) is 0 Å². The number of hydrogen-bond acceptors (Lipinski definition) is 2. The van der Waals surface area contributed by atoms with Gasteiger partial charge in [-0.25, -0.2) is 0 Å². The zero-order chi connectivity index (χ0) is 17.5. The smallest absolute Gasteiger partial charge is 0.254 e. The van der Waals surface area contributed by atoms with E-state index in [2.05, 4.69) is 5.32 Å². The average Bonchev–Trinajstić information content (AvgIpc) is 2.59. The summed E-state index contributed by atoms with van der Waals surface area (Å²) in [6, 6.07) is 16.8. The molecule has 0 unspecified atom stereocenters. The Morgan fingerprint density at radius 3 is 2.08 bits per heavy atom. The Bertz CT molecular complexity index is 679. The molecule has 0 aromatic heterocycles. The van der Waals surface area contributed by atoms with Crippen molar-refractivity contribution in [1.29, 1.82) is 0 Å². The van der Waals surface area contributed by atoms with Gasteiger partial charge in [-0.2, -0.15) is 0 Å². The number of amides is 2. The minimum atomic E-state index is -0.124. The van der Waals surface area contributed by atoms with Crippen LogP contribution in [0.25, 0.3) is 0 Å². The molecule has 0 spiro atoms. The zero-order valence-corrected chi connectivity index (χ0v) is 14.5. The summed E-state index contributed by atoms with van der Waals surface area (Å²) in [6.07, 6.45) is 0. The van der Waals surface area contributed by atoms with Crippen LogP contribution in [0.5, 0.6) is 0 Å². The minimum absolute atomic E-state index is 0.0304. The Labute approximate surface area is 143 Å². The Kier molecular flexibility index (Phi) is 6.13. The molecule has 0 atom stereocenters. The number of nitrogens with zero attached hydrogens (tertiary/aromatic N) is 1. The van der Waals surface area contributed by atoms with E-state index in [-0.39, 0.29) is 17.9 Å². The molecule has 24 heavy (non-hydrogen) atoms. The van der Waals surface area contributed by atoms with Crippen LogP contribution < -0.4 is 5.32 Å². The normalized spacial score (nSPS) is 10.5. The van der Waals surface area contributed by atoms with Gasteiger partial charge in [0.25, 0.3) is 11.8 Å². The van der Waals surface area contributed by atoms with Crippen LogP contribution in [0, 0.1) is 0 Å². The third-order valence-corrected chi connectivity index (χ3v) is 3.70. The maximum absolute atomic E-state index is 12.7. The van der Waals surface area contributed by atoms with Gasteiger partial charge in [0, 0.05) is 30.3 Å². The molecule has 2 amide bonds. The second kappa shape index (κ2) is 8.29. The van der Waals surface area contributed by atoms with Crippen LogP contribution in [0.15, 0.2) is 54.6 Å². The van der Waals surface area contributed by atoms with Gasteiger partial charge in [-0.05, 0) is 50.6 Å². The lowest BCUT2D eigenvalue weighted by Crippen LogP contribution is -2.31. The molecule has 0 aliphatic rings. The van der Waals surface area contributed by atoms with E-state index in [1.807, 2.05) is 51.1 Å². The molecule has 0 heterocycles. The third kappa shape index (κ3) is 4.69. The Balaban J connectivity index is 2.09. The summed E-state index contributed by atoms with van der Waals surface area (Å²) in [4.78, 5) is 26.4. The van der Waals surface area contributed by atoms with Crippen molar-refractivity contribution in [3.63, 3.8) is 0 Å². The first-order valence-electron chi connectivity index (χ1n) is 8.25. The van der Waals surface area contributed by atoms with Crippen LogP contribution in [0.3, 0.4) is 0 Å². The standard InChI is InChI=1S/C20H24N2O2/c1-4-22(14-16-8-6-5-7-9-16)20(24)18-12-10-17(11-13-18)19(23)21-15(2)3/h5-13,15H,4,14H2,1-3H3,(H,21,23). The second-order valence-corrected chi connectivity index (χ2v) is 6.01. The highest BCUT2D eigenvalue weighted by molar-refractivity contribution is 5.97. The monoisotopic (exact) mass is 324 g/mol. The van der Waals surface area contributed by atoms with Crippen LogP contribution in [-0.2, 0) is 6.54 Å². The van der Waals surface area contributed by atoms with Crippen molar-refractivity contribution in [3.05, 3.63) is 71.3 Å². The largest absolute Gasteiger partial charge is 0.350 e. The van der Waals surface area contributed by atoms with E-state index < -0.39 is 0 Å². The number of hydrogen-bond donors (Lipinski definition) is 1. The molecular formula is C20H24N2O2. The third-order valence-electron chi connectivity index (χ3n) is 3.70. The van der Waals surface area contributed by atoms with Crippen molar-refractivity contribution in [1.82, 2.24) is 10.2 Å². The van der Waals surface area contributed by atoms with Gasteiger partial charge in [0.05, 0.1) is 0 Å². The van der Waals surface area contributed by atoms with Crippen molar-refractivity contribution in [2.24, 2.45) is 0 Å². The van der Waals surface area contributed by atoms with E-state index in [0.29, 0.717) is 24.2 Å². The van der Waals surface area contributed by atoms with Gasteiger partial charge in [-0.15, -0.1) is 0 Å². The van der Waals surface area contributed by atoms with E-state index in [1.165, 1.54) is 0 Å². The number of carbonyl (C=O) groups is 2. The molecule has 0 saturated heterocycles. The van der Waals surface area contributed by atoms with E-state index in [9.17, 15) is 9.59 Å². The lowest BCUT2D eigenvalue weighted by molar-refractivity contribution is 0.0752. The summed E-state index contributed by atoms with van der Waals surface area (Å²) in [5, 5.41) is 2.84. The molecule has 2 aromatic carbocycles. The van der Waals surface area contributed by atoms with Crippen LogP contribution in [-0.4, -0.2) is 29.3 Å². The van der Waals surface area contributed by atoms with Gasteiger partial charge in [0.2, 0.25) is 0 Å². The Morgan fingerprint density at radius 1 is 0.958 bits per heavy atom. The van der Waals surface area contributed by atoms with Gasteiger partial charge >= 0.3 is 0 Å². The van der Waals surface area contributed by atoms with E-state index in [1.54, 1.807) is 29.2 Å². The maximum atomic E-state index is 12.7. The molecule has 1 N–H and O–H groups in total. The molecule has 2 rings (SSSR count). The van der Waals surface area contributed by atoms with E-state index in [0.717, 1.165) is 5.56 Å². The maximum Gasteiger partial charge on any atom is 0.254 e. The van der Waals surface area contributed by atoms with Gasteiger partial charge in [-0.1, -0.05) is 30.3 Å². The zero-order valence-electron chi connectivity index (χ0n) is 14.5. The molecule has 0 fully saturated rings. The molecule has 2 aromatic rings. The fourth-order valence-corrected chi connectivity index (χ4v) is 2.42. The first-order chi connectivity index (χ1) is 11.5. The molecular weight excluding hydrogens is 300 g/mol. The molecule has 0 saturated carbocycles. The van der Waals surface area contributed by atoms with Crippen molar-refractivity contribution >= 4 is 11.8 Å². The number of benzene rings is 2. The van der Waals surface area contributed by atoms with Crippen LogP contribution in [0.2, 0.25) is 0 Å². The van der Waals surface area contributed by atoms with E-state index in [4.69, 9.17) is 0 Å². The SMILES string of the molecule is CCN(Cc1ccccc1)C(=O)c1ccc(C(=O)NC(C)C)cc1. The summed E-state index contributed by atoms with van der Waals surface area (Å²) in [6.45, 7) is 7.00. The van der Waals surface area contributed by atoms with E-state index >= 15 is 0 Å². The molecule has 0 aliphatic heterocycles. The lowest BCUT2D eigenvalue weighted by Gasteiger charge is -2.21. The fraction of sp³-hybridized carbons (Fsp3) is 0.300. The van der Waals surface area contributed by atoms with Crippen LogP contribution in [0.4, 0.5) is 0 Å². The summed E-state index contributed by atoms with van der Waals surface area (Å²) in [7, 11) is 0.